The van der Waals surface area contributed by atoms with E-state index in [4.69, 9.17) is 0 Å². The average Bonchev–Trinajstić information content (AvgIpc) is 2.51. The minimum Gasteiger partial charge on any atom is -0.388 e. The van der Waals surface area contributed by atoms with Crippen LogP contribution < -0.4 is 10.5 Å². The fraction of sp³-hybridized carbons (Fsp3) is 0.444. The molecule has 76 valence electrons. The van der Waals surface area contributed by atoms with E-state index < -0.39 is 0 Å². The van der Waals surface area contributed by atoms with Crippen LogP contribution in [0.3, 0.4) is 0 Å². The fourth-order valence-electron chi connectivity index (χ4n) is 0.969. The largest absolute Gasteiger partial charge is 0.388 e. The van der Waals surface area contributed by atoms with Gasteiger partial charge in [-0.15, -0.1) is 11.3 Å². The Kier molecular flexibility index (Phi) is 3.21. The monoisotopic (exact) mass is 210 g/mol. The van der Waals surface area contributed by atoms with E-state index in [1.54, 1.807) is 19.3 Å². The predicted molar refractivity (Wildman–Crippen MR) is 63.7 cm³/mol. The first kappa shape index (κ1) is 11.1. The molecule has 0 bridgehead atoms. The van der Waals surface area contributed by atoms with Crippen molar-refractivity contribution in [3.05, 3.63) is 17.0 Å². The van der Waals surface area contributed by atoms with E-state index in [2.05, 4.69) is 36.7 Å². The number of nitrogens with one attached hydrogen (secondary N) is 2. The zero-order valence-corrected chi connectivity index (χ0v) is 9.79. The summed E-state index contributed by atoms with van der Waals surface area (Å²) in [5, 5.41) is 8.23. The Morgan fingerprint density at radius 1 is 1.50 bits per heavy atom. The minimum absolute atomic E-state index is 0.138. The van der Waals surface area contributed by atoms with E-state index in [9.17, 15) is 4.79 Å². The van der Waals surface area contributed by atoms with Gasteiger partial charge in [-0.05, 0) is 22.4 Å². The number of carbonyl (C=O) groups excluding carboxylic acids is 1. The van der Waals surface area contributed by atoms with Crippen molar-refractivity contribution >= 4 is 30.4 Å². The fourth-order valence-corrected chi connectivity index (χ4v) is 1.99. The van der Waals surface area contributed by atoms with Gasteiger partial charge in [-0.1, -0.05) is 20.8 Å². The SMILES string of the molecule is BNC(=O)Nc1cc(C(C)(C)C)cs1. The Bertz CT molecular complexity index is 330. The van der Waals surface area contributed by atoms with Crippen LogP contribution in [0.15, 0.2) is 11.4 Å². The van der Waals surface area contributed by atoms with Crippen LogP contribution >= 0.6 is 11.3 Å². The molecule has 0 saturated carbocycles. The number of hydrogen-bond donors (Lipinski definition) is 2. The average molecular weight is 210 g/mol. The standard InChI is InChI=1S/C9H15BN2OS/c1-9(2,3)6-4-7(14-5-6)11-8(13)12-10/h4-5H,10H2,1-3H3,(H2,11,12,13). The molecule has 0 aromatic carbocycles. The summed E-state index contributed by atoms with van der Waals surface area (Å²) in [6.07, 6.45) is 0. The lowest BCUT2D eigenvalue weighted by Crippen LogP contribution is -2.25. The lowest BCUT2D eigenvalue weighted by Gasteiger charge is -2.15. The quantitative estimate of drug-likeness (QED) is 0.680. The molecular formula is C9H15BN2OS. The Morgan fingerprint density at radius 3 is 2.57 bits per heavy atom. The molecule has 1 aromatic rings. The Labute approximate surface area is 89.3 Å². The van der Waals surface area contributed by atoms with Gasteiger partial charge in [-0.2, -0.15) is 0 Å². The topological polar surface area (TPSA) is 41.1 Å². The Balaban J connectivity index is 2.74. The third-order valence-electron chi connectivity index (χ3n) is 1.93. The number of rotatable bonds is 1. The van der Waals surface area contributed by atoms with Crippen LogP contribution in [0.5, 0.6) is 0 Å². The second-order valence-electron chi connectivity index (χ2n) is 4.15. The molecule has 0 spiro atoms. The van der Waals surface area contributed by atoms with Gasteiger partial charge >= 0.3 is 6.03 Å². The van der Waals surface area contributed by atoms with Crippen LogP contribution in [-0.4, -0.2) is 14.0 Å². The van der Waals surface area contributed by atoms with E-state index in [-0.39, 0.29) is 11.4 Å². The molecule has 0 unspecified atom stereocenters. The first-order chi connectivity index (χ1) is 6.43. The lowest BCUT2D eigenvalue weighted by molar-refractivity contribution is 0.257. The number of carbonyl (C=O) groups is 1. The maximum Gasteiger partial charge on any atom is 0.307 e. The first-order valence-corrected chi connectivity index (χ1v) is 5.39. The maximum atomic E-state index is 11.0. The predicted octanol–water partition coefficient (Wildman–Crippen LogP) is 1.72. The number of hydrogen-bond acceptors (Lipinski definition) is 2. The van der Waals surface area contributed by atoms with E-state index in [1.165, 1.54) is 5.56 Å². The van der Waals surface area contributed by atoms with Crippen molar-refractivity contribution in [1.82, 2.24) is 5.23 Å². The van der Waals surface area contributed by atoms with Gasteiger partial charge in [0.2, 0.25) is 7.98 Å². The molecular weight excluding hydrogens is 195 g/mol. The van der Waals surface area contributed by atoms with Crippen molar-refractivity contribution in [2.45, 2.75) is 26.2 Å². The maximum absolute atomic E-state index is 11.0. The van der Waals surface area contributed by atoms with Gasteiger partial charge in [0, 0.05) is 0 Å². The van der Waals surface area contributed by atoms with Crippen molar-refractivity contribution < 1.29 is 4.79 Å². The normalized spacial score (nSPS) is 11.1. The van der Waals surface area contributed by atoms with E-state index in [1.807, 2.05) is 6.07 Å². The third kappa shape index (κ3) is 2.77. The molecule has 2 amide bonds. The van der Waals surface area contributed by atoms with Crippen molar-refractivity contribution in [3.8, 4) is 0 Å². The highest BCUT2D eigenvalue weighted by molar-refractivity contribution is 7.14. The lowest BCUT2D eigenvalue weighted by atomic mass is 9.89. The van der Waals surface area contributed by atoms with E-state index in [0.717, 1.165) is 5.00 Å². The van der Waals surface area contributed by atoms with E-state index >= 15 is 0 Å². The summed E-state index contributed by atoms with van der Waals surface area (Å²) in [6.45, 7) is 6.45. The zero-order chi connectivity index (χ0) is 10.8. The summed E-state index contributed by atoms with van der Waals surface area (Å²) >= 11 is 1.55. The molecule has 1 aromatic heterocycles. The molecule has 14 heavy (non-hydrogen) atoms. The molecule has 3 nitrogen and oxygen atoms in total. The van der Waals surface area contributed by atoms with E-state index in [0.29, 0.717) is 0 Å². The van der Waals surface area contributed by atoms with Crippen molar-refractivity contribution in [3.63, 3.8) is 0 Å². The van der Waals surface area contributed by atoms with Crippen LogP contribution in [0.2, 0.25) is 0 Å². The highest BCUT2D eigenvalue weighted by Crippen LogP contribution is 2.29. The van der Waals surface area contributed by atoms with Gasteiger partial charge in [-0.3, -0.25) is 0 Å². The third-order valence-corrected chi connectivity index (χ3v) is 2.77. The van der Waals surface area contributed by atoms with Crippen molar-refractivity contribution in [1.29, 1.82) is 0 Å². The smallest absolute Gasteiger partial charge is 0.307 e. The molecule has 2 N–H and O–H groups in total. The van der Waals surface area contributed by atoms with Gasteiger partial charge in [0.05, 0.1) is 5.00 Å². The van der Waals surface area contributed by atoms with Gasteiger partial charge < -0.3 is 10.5 Å². The summed E-state index contributed by atoms with van der Waals surface area (Å²) in [5.74, 6) is 0. The molecule has 0 atom stereocenters. The molecule has 1 rings (SSSR count). The Hall–Kier alpha value is -0.965. The first-order valence-electron chi connectivity index (χ1n) is 4.51. The number of amides is 2. The van der Waals surface area contributed by atoms with Crippen LogP contribution in [-0.2, 0) is 5.41 Å². The van der Waals surface area contributed by atoms with Gasteiger partial charge in [0.1, 0.15) is 0 Å². The van der Waals surface area contributed by atoms with Crippen molar-refractivity contribution in [2.24, 2.45) is 0 Å². The van der Waals surface area contributed by atoms with Crippen LogP contribution in [0.25, 0.3) is 0 Å². The molecule has 5 heteroatoms. The van der Waals surface area contributed by atoms with Gasteiger partial charge in [-0.25, -0.2) is 4.79 Å². The summed E-state index contributed by atoms with van der Waals surface area (Å²) < 4.78 is 0. The summed E-state index contributed by atoms with van der Waals surface area (Å²) in [4.78, 5) is 11.0. The molecule has 0 fully saturated rings. The highest BCUT2D eigenvalue weighted by Gasteiger charge is 2.15. The van der Waals surface area contributed by atoms with Crippen LogP contribution in [0.1, 0.15) is 26.3 Å². The summed E-state index contributed by atoms with van der Waals surface area (Å²) in [7, 11) is 1.60. The minimum atomic E-state index is -0.174. The van der Waals surface area contributed by atoms with Crippen molar-refractivity contribution in [2.75, 3.05) is 5.32 Å². The van der Waals surface area contributed by atoms with Crippen LogP contribution in [0.4, 0.5) is 9.80 Å². The number of thiophene rings is 1. The Morgan fingerprint density at radius 2 is 2.14 bits per heavy atom. The zero-order valence-electron chi connectivity index (χ0n) is 8.97. The number of urea groups is 1. The highest BCUT2D eigenvalue weighted by atomic mass is 32.1. The number of anilines is 1. The molecule has 0 radical (unpaired) electrons. The molecule has 0 aliphatic carbocycles. The molecule has 1 heterocycles. The molecule has 0 saturated heterocycles. The molecule has 0 aliphatic heterocycles. The second kappa shape index (κ2) is 4.04. The van der Waals surface area contributed by atoms with Crippen LogP contribution in [0, 0.1) is 0 Å². The second-order valence-corrected chi connectivity index (χ2v) is 5.06. The van der Waals surface area contributed by atoms with Gasteiger partial charge in [0.25, 0.3) is 0 Å². The van der Waals surface area contributed by atoms with Gasteiger partial charge in [0.15, 0.2) is 0 Å². The summed E-state index contributed by atoms with van der Waals surface area (Å²) in [5.41, 5.74) is 1.38. The molecule has 0 aliphatic rings. The summed E-state index contributed by atoms with van der Waals surface area (Å²) in [6, 6.07) is 1.84.